The van der Waals surface area contributed by atoms with Gasteiger partial charge in [0.15, 0.2) is 5.96 Å². The molecule has 142 valence electrons. The first-order valence-corrected chi connectivity index (χ1v) is 8.98. The van der Waals surface area contributed by atoms with E-state index in [4.69, 9.17) is 11.5 Å². The highest BCUT2D eigenvalue weighted by Gasteiger charge is 2.14. The Bertz CT molecular complexity index is 341. The van der Waals surface area contributed by atoms with Gasteiger partial charge < -0.3 is 32.3 Å². The van der Waals surface area contributed by atoms with E-state index in [9.17, 15) is 4.79 Å². The molecule has 7 N–H and O–H groups in total. The molecule has 0 aliphatic carbocycles. The molecular formula is C16H37N7O. The van der Waals surface area contributed by atoms with Crippen molar-refractivity contribution in [3.05, 3.63) is 0 Å². The smallest absolute Gasteiger partial charge is 0.237 e. The van der Waals surface area contributed by atoms with E-state index < -0.39 is 0 Å². The molecule has 8 heteroatoms. The minimum Gasteiger partial charge on any atom is -0.370 e. The fourth-order valence-electron chi connectivity index (χ4n) is 2.37. The topological polar surface area (TPSA) is 121 Å². The molecule has 8 nitrogen and oxygen atoms in total. The molecule has 0 bridgehead atoms. The predicted octanol–water partition coefficient (Wildman–Crippen LogP) is -0.934. The summed E-state index contributed by atoms with van der Waals surface area (Å²) < 4.78 is 0. The molecule has 0 saturated carbocycles. The Balaban J connectivity index is 3.73. The van der Waals surface area contributed by atoms with Gasteiger partial charge in [0.2, 0.25) is 5.91 Å². The molecule has 0 aromatic carbocycles. The summed E-state index contributed by atoms with van der Waals surface area (Å²) in [5.41, 5.74) is 10.5. The number of rotatable bonds is 15. The van der Waals surface area contributed by atoms with Crippen LogP contribution in [0.1, 0.15) is 33.1 Å². The van der Waals surface area contributed by atoms with E-state index in [1.165, 1.54) is 0 Å². The number of carbonyl (C=O) groups is 1. The van der Waals surface area contributed by atoms with Crippen LogP contribution in [0.5, 0.6) is 0 Å². The molecule has 0 saturated heterocycles. The molecule has 1 unspecified atom stereocenters. The van der Waals surface area contributed by atoms with Crippen LogP contribution in [0.15, 0.2) is 4.99 Å². The van der Waals surface area contributed by atoms with Gasteiger partial charge in [0.05, 0.1) is 6.04 Å². The fraction of sp³-hybridized carbons (Fsp3) is 0.875. The van der Waals surface area contributed by atoms with Gasteiger partial charge in [-0.1, -0.05) is 13.8 Å². The van der Waals surface area contributed by atoms with E-state index in [-0.39, 0.29) is 17.9 Å². The first-order chi connectivity index (χ1) is 11.5. The second kappa shape index (κ2) is 15.2. The highest BCUT2D eigenvalue weighted by Crippen LogP contribution is 2.01. The Morgan fingerprint density at radius 3 is 2.42 bits per heavy atom. The van der Waals surface area contributed by atoms with Crippen LogP contribution in [0.4, 0.5) is 0 Å². The van der Waals surface area contributed by atoms with Gasteiger partial charge in [0.25, 0.3) is 0 Å². The third kappa shape index (κ3) is 12.1. The van der Waals surface area contributed by atoms with Crippen molar-refractivity contribution in [2.24, 2.45) is 16.5 Å². The van der Waals surface area contributed by atoms with E-state index in [1.54, 1.807) is 0 Å². The van der Waals surface area contributed by atoms with Crippen LogP contribution in [0.3, 0.4) is 0 Å². The second-order valence-corrected chi connectivity index (χ2v) is 5.71. The molecule has 0 aliphatic heterocycles. The Morgan fingerprint density at radius 1 is 1.12 bits per heavy atom. The quantitative estimate of drug-likeness (QED) is 0.149. The zero-order chi connectivity index (χ0) is 18.2. The maximum Gasteiger partial charge on any atom is 0.237 e. The average molecular weight is 344 g/mol. The molecule has 0 heterocycles. The summed E-state index contributed by atoms with van der Waals surface area (Å²) in [5.74, 6) is 0.163. The van der Waals surface area contributed by atoms with Gasteiger partial charge in [-0.05, 0) is 39.4 Å². The first kappa shape index (κ1) is 22.6. The van der Waals surface area contributed by atoms with Gasteiger partial charge in [-0.25, -0.2) is 0 Å². The van der Waals surface area contributed by atoms with Crippen molar-refractivity contribution in [1.29, 1.82) is 0 Å². The minimum atomic E-state index is -0.167. The van der Waals surface area contributed by atoms with Crippen LogP contribution in [0, 0.1) is 0 Å². The zero-order valence-electron chi connectivity index (χ0n) is 15.6. The maximum atomic E-state index is 12.1. The molecule has 24 heavy (non-hydrogen) atoms. The van der Waals surface area contributed by atoms with Crippen LogP contribution in [-0.2, 0) is 4.79 Å². The summed E-state index contributed by atoms with van der Waals surface area (Å²) in [4.78, 5) is 18.4. The lowest BCUT2D eigenvalue weighted by Gasteiger charge is -2.18. The van der Waals surface area contributed by atoms with Crippen molar-refractivity contribution >= 4 is 11.9 Å². The molecule has 0 aliphatic rings. The van der Waals surface area contributed by atoms with Crippen LogP contribution in [0.25, 0.3) is 0 Å². The van der Waals surface area contributed by atoms with Crippen molar-refractivity contribution in [3.8, 4) is 0 Å². The van der Waals surface area contributed by atoms with Crippen molar-refractivity contribution in [1.82, 2.24) is 20.9 Å². The number of carbonyl (C=O) groups excluding carboxylic acids is 1. The van der Waals surface area contributed by atoms with Gasteiger partial charge in [-0.3, -0.25) is 9.79 Å². The molecule has 1 atom stereocenters. The number of nitrogens with one attached hydrogen (secondary N) is 3. The van der Waals surface area contributed by atoms with Gasteiger partial charge in [-0.15, -0.1) is 0 Å². The standard InChI is InChI=1S/C16H37N7O/c1-4-23(5-2)13-12-20-10-11-21-15(24)14(19-3)8-6-7-9-22-16(17)18/h14,19-20H,4-13H2,1-3H3,(H,21,24)(H4,17,18,22). The Kier molecular flexibility index (Phi) is 14.3. The van der Waals surface area contributed by atoms with Crippen molar-refractivity contribution in [3.63, 3.8) is 0 Å². The lowest BCUT2D eigenvalue weighted by molar-refractivity contribution is -0.123. The van der Waals surface area contributed by atoms with Crippen LogP contribution >= 0.6 is 0 Å². The summed E-state index contributed by atoms with van der Waals surface area (Å²) in [6.07, 6.45) is 2.55. The molecule has 0 aromatic heterocycles. The van der Waals surface area contributed by atoms with Gasteiger partial charge in [-0.2, -0.15) is 0 Å². The number of nitrogens with two attached hydrogens (primary N) is 2. The number of aliphatic imine (C=N–C) groups is 1. The van der Waals surface area contributed by atoms with Crippen molar-refractivity contribution in [2.45, 2.75) is 39.2 Å². The lowest BCUT2D eigenvalue weighted by Crippen LogP contribution is -2.45. The monoisotopic (exact) mass is 343 g/mol. The zero-order valence-corrected chi connectivity index (χ0v) is 15.6. The third-order valence-corrected chi connectivity index (χ3v) is 3.96. The maximum absolute atomic E-state index is 12.1. The Hall–Kier alpha value is -1.38. The number of amides is 1. The molecule has 0 aromatic rings. The molecular weight excluding hydrogens is 306 g/mol. The molecule has 0 radical (unpaired) electrons. The fourth-order valence-corrected chi connectivity index (χ4v) is 2.37. The Morgan fingerprint density at radius 2 is 1.83 bits per heavy atom. The van der Waals surface area contributed by atoms with E-state index in [0.717, 1.165) is 52.0 Å². The summed E-state index contributed by atoms with van der Waals surface area (Å²) in [7, 11) is 1.81. The predicted molar refractivity (Wildman–Crippen MR) is 101 cm³/mol. The van der Waals surface area contributed by atoms with Gasteiger partial charge >= 0.3 is 0 Å². The number of likely N-dealkylation sites (N-methyl/N-ethyl adjacent to an activating group) is 2. The molecule has 0 spiro atoms. The van der Waals surface area contributed by atoms with E-state index >= 15 is 0 Å². The highest BCUT2D eigenvalue weighted by molar-refractivity contribution is 5.81. The number of hydrogen-bond acceptors (Lipinski definition) is 5. The second-order valence-electron chi connectivity index (χ2n) is 5.71. The van der Waals surface area contributed by atoms with Gasteiger partial charge in [0.1, 0.15) is 0 Å². The molecule has 1 amide bonds. The SMILES string of the molecule is CCN(CC)CCNCCNC(=O)C(CCCCN=C(N)N)NC. The summed E-state index contributed by atoms with van der Waals surface area (Å²) in [6.45, 7) is 10.5. The van der Waals surface area contributed by atoms with E-state index in [1.807, 2.05) is 7.05 Å². The van der Waals surface area contributed by atoms with Crippen LogP contribution < -0.4 is 27.4 Å². The number of guanidine groups is 1. The average Bonchev–Trinajstić information content (AvgIpc) is 2.57. The third-order valence-electron chi connectivity index (χ3n) is 3.96. The highest BCUT2D eigenvalue weighted by atomic mass is 16.2. The number of unbranched alkanes of at least 4 members (excludes halogenated alkanes) is 1. The Labute approximate surface area is 146 Å². The number of hydrogen-bond donors (Lipinski definition) is 5. The summed E-state index contributed by atoms with van der Waals surface area (Å²) in [5, 5.41) is 9.38. The lowest BCUT2D eigenvalue weighted by atomic mass is 10.1. The minimum absolute atomic E-state index is 0.0462. The van der Waals surface area contributed by atoms with Gasteiger partial charge in [0, 0.05) is 32.7 Å². The largest absolute Gasteiger partial charge is 0.370 e. The van der Waals surface area contributed by atoms with Crippen molar-refractivity contribution < 1.29 is 4.79 Å². The first-order valence-electron chi connectivity index (χ1n) is 8.98. The summed E-state index contributed by atoms with van der Waals surface area (Å²) >= 11 is 0. The molecule has 0 fully saturated rings. The number of nitrogens with zero attached hydrogens (tertiary/aromatic N) is 2. The van der Waals surface area contributed by atoms with Crippen molar-refractivity contribution in [2.75, 3.05) is 52.9 Å². The van der Waals surface area contributed by atoms with E-state index in [2.05, 4.69) is 39.7 Å². The van der Waals surface area contributed by atoms with Crippen LogP contribution in [0.2, 0.25) is 0 Å². The normalized spacial score (nSPS) is 12.2. The van der Waals surface area contributed by atoms with E-state index in [0.29, 0.717) is 13.1 Å². The molecule has 0 rings (SSSR count). The van der Waals surface area contributed by atoms with Crippen LogP contribution in [-0.4, -0.2) is 75.7 Å². The summed E-state index contributed by atoms with van der Waals surface area (Å²) in [6, 6.07) is -0.167.